The maximum atomic E-state index is 13.0. The minimum absolute atomic E-state index is 0.0124. The van der Waals surface area contributed by atoms with E-state index in [4.69, 9.17) is 4.98 Å². The second-order valence-corrected chi connectivity index (χ2v) is 8.02. The van der Waals surface area contributed by atoms with Crippen LogP contribution >= 0.6 is 22.6 Å². The van der Waals surface area contributed by atoms with Crippen LogP contribution in [0.4, 0.5) is 0 Å². The molecule has 0 unspecified atom stereocenters. The fourth-order valence-electron chi connectivity index (χ4n) is 3.88. The molecular formula is C23H22IN3O. The molecule has 4 nitrogen and oxygen atoms in total. The van der Waals surface area contributed by atoms with Gasteiger partial charge in [0, 0.05) is 38.8 Å². The van der Waals surface area contributed by atoms with Crippen molar-refractivity contribution in [2.24, 2.45) is 0 Å². The van der Waals surface area contributed by atoms with Gasteiger partial charge in [-0.3, -0.25) is 9.36 Å². The van der Waals surface area contributed by atoms with E-state index in [1.807, 2.05) is 31.2 Å². The van der Waals surface area contributed by atoms with Crippen molar-refractivity contribution in [1.29, 1.82) is 0 Å². The van der Waals surface area contributed by atoms with Gasteiger partial charge in [0.2, 0.25) is 0 Å². The Balaban J connectivity index is 1.90. The van der Waals surface area contributed by atoms with E-state index in [1.54, 1.807) is 4.57 Å². The molecule has 4 rings (SSSR count). The predicted molar refractivity (Wildman–Crippen MR) is 126 cm³/mol. The zero-order valence-electron chi connectivity index (χ0n) is 16.2. The summed E-state index contributed by atoms with van der Waals surface area (Å²) in [5, 5.41) is 1.89. The second kappa shape index (κ2) is 7.54. The van der Waals surface area contributed by atoms with Crippen LogP contribution in [0.15, 0.2) is 47.3 Å². The van der Waals surface area contributed by atoms with Crippen LogP contribution < -0.4 is 5.56 Å². The third-order valence-electron chi connectivity index (χ3n) is 5.26. The normalized spacial score (nSPS) is 11.9. The molecule has 0 spiro atoms. The van der Waals surface area contributed by atoms with Crippen molar-refractivity contribution < 1.29 is 0 Å². The SMILES string of the molecule is CCn1c(/C=C/c2c(C)n(CC)c3ccccc23)nc2ccc(I)cc2c1=O. The molecule has 142 valence electrons. The van der Waals surface area contributed by atoms with Crippen molar-refractivity contribution >= 4 is 56.5 Å². The summed E-state index contributed by atoms with van der Waals surface area (Å²) in [6.07, 6.45) is 4.06. The van der Waals surface area contributed by atoms with Gasteiger partial charge in [0.1, 0.15) is 5.82 Å². The number of aromatic nitrogens is 3. The first-order chi connectivity index (χ1) is 13.5. The highest BCUT2D eigenvalue weighted by atomic mass is 127. The van der Waals surface area contributed by atoms with E-state index in [2.05, 4.69) is 71.3 Å². The minimum atomic E-state index is 0.0124. The average Bonchev–Trinajstić information content (AvgIpc) is 2.97. The van der Waals surface area contributed by atoms with Gasteiger partial charge in [-0.1, -0.05) is 18.2 Å². The Kier molecular flexibility index (Phi) is 5.10. The third-order valence-corrected chi connectivity index (χ3v) is 5.93. The third kappa shape index (κ3) is 3.07. The summed E-state index contributed by atoms with van der Waals surface area (Å²) in [5.41, 5.74) is 4.38. The summed E-state index contributed by atoms with van der Waals surface area (Å²) in [6, 6.07) is 14.3. The van der Waals surface area contributed by atoms with Gasteiger partial charge in [-0.2, -0.15) is 0 Å². The first-order valence-corrected chi connectivity index (χ1v) is 10.6. The van der Waals surface area contributed by atoms with E-state index in [9.17, 15) is 4.79 Å². The quantitative estimate of drug-likeness (QED) is 0.361. The van der Waals surface area contributed by atoms with E-state index in [-0.39, 0.29) is 5.56 Å². The lowest BCUT2D eigenvalue weighted by atomic mass is 10.1. The Morgan fingerprint density at radius 2 is 1.75 bits per heavy atom. The van der Waals surface area contributed by atoms with E-state index in [0.29, 0.717) is 17.8 Å². The molecular weight excluding hydrogens is 461 g/mol. The van der Waals surface area contributed by atoms with Crippen molar-refractivity contribution in [2.45, 2.75) is 33.9 Å². The molecule has 0 aliphatic heterocycles. The number of rotatable bonds is 4. The number of fused-ring (bicyclic) bond motifs is 2. The predicted octanol–water partition coefficient (Wildman–Crippen LogP) is 5.47. The van der Waals surface area contributed by atoms with E-state index >= 15 is 0 Å². The number of nitrogens with zero attached hydrogens (tertiary/aromatic N) is 3. The summed E-state index contributed by atoms with van der Waals surface area (Å²) in [7, 11) is 0. The summed E-state index contributed by atoms with van der Waals surface area (Å²) in [5.74, 6) is 0.689. The standard InChI is InChI=1S/C23H22IN3O/c1-4-26-15(3)17(18-8-6-7-9-21(18)26)11-13-22-25-20-12-10-16(24)14-19(20)23(28)27(22)5-2/h6-14H,4-5H2,1-3H3/b13-11+. The molecule has 0 aliphatic rings. The van der Waals surface area contributed by atoms with Gasteiger partial charge in [-0.25, -0.2) is 4.98 Å². The maximum Gasteiger partial charge on any atom is 0.261 e. The zero-order chi connectivity index (χ0) is 19.8. The fourth-order valence-corrected chi connectivity index (χ4v) is 4.37. The number of halogens is 1. The van der Waals surface area contributed by atoms with Crippen LogP contribution in [0, 0.1) is 10.5 Å². The molecule has 0 fully saturated rings. The second-order valence-electron chi connectivity index (χ2n) is 6.77. The van der Waals surface area contributed by atoms with Crippen LogP contribution in [-0.2, 0) is 13.1 Å². The lowest BCUT2D eigenvalue weighted by molar-refractivity contribution is 0.708. The molecule has 0 saturated heterocycles. The Hall–Kier alpha value is -2.41. The number of hydrogen-bond donors (Lipinski definition) is 0. The summed E-state index contributed by atoms with van der Waals surface area (Å²) in [6.45, 7) is 7.80. The molecule has 0 atom stereocenters. The monoisotopic (exact) mass is 483 g/mol. The average molecular weight is 483 g/mol. The number of aryl methyl sites for hydroxylation is 1. The van der Waals surface area contributed by atoms with Crippen LogP contribution in [0.25, 0.3) is 34.0 Å². The van der Waals surface area contributed by atoms with Gasteiger partial charge in [-0.05, 0) is 79.8 Å². The molecule has 0 bridgehead atoms. The van der Waals surface area contributed by atoms with Gasteiger partial charge in [0.25, 0.3) is 5.56 Å². The Morgan fingerprint density at radius 1 is 1.00 bits per heavy atom. The molecule has 0 saturated carbocycles. The lowest BCUT2D eigenvalue weighted by Gasteiger charge is -2.09. The van der Waals surface area contributed by atoms with Crippen molar-refractivity contribution in [3.8, 4) is 0 Å². The van der Waals surface area contributed by atoms with Crippen LogP contribution in [0.2, 0.25) is 0 Å². The molecule has 0 aliphatic carbocycles. The highest BCUT2D eigenvalue weighted by Gasteiger charge is 2.12. The van der Waals surface area contributed by atoms with Crippen LogP contribution in [-0.4, -0.2) is 14.1 Å². The smallest absolute Gasteiger partial charge is 0.261 e. The van der Waals surface area contributed by atoms with Gasteiger partial charge < -0.3 is 4.57 Å². The lowest BCUT2D eigenvalue weighted by Crippen LogP contribution is -2.23. The summed E-state index contributed by atoms with van der Waals surface area (Å²) in [4.78, 5) is 17.7. The topological polar surface area (TPSA) is 39.8 Å². The van der Waals surface area contributed by atoms with Crippen LogP contribution in [0.3, 0.4) is 0 Å². The Labute approximate surface area is 177 Å². The molecule has 0 amide bonds. The molecule has 2 heterocycles. The summed E-state index contributed by atoms with van der Waals surface area (Å²) >= 11 is 2.23. The Morgan fingerprint density at radius 3 is 2.50 bits per heavy atom. The van der Waals surface area contributed by atoms with Gasteiger partial charge in [0.15, 0.2) is 0 Å². The van der Waals surface area contributed by atoms with Gasteiger partial charge in [0.05, 0.1) is 10.9 Å². The first kappa shape index (κ1) is 18.9. The minimum Gasteiger partial charge on any atom is -0.345 e. The fraction of sp³-hybridized carbons (Fsp3) is 0.217. The Bertz CT molecular complexity index is 1280. The number of hydrogen-bond acceptors (Lipinski definition) is 2. The molecule has 2 aromatic heterocycles. The number of para-hydroxylation sites is 1. The largest absolute Gasteiger partial charge is 0.345 e. The molecule has 28 heavy (non-hydrogen) atoms. The highest BCUT2D eigenvalue weighted by Crippen LogP contribution is 2.27. The molecule has 2 aromatic carbocycles. The van der Waals surface area contributed by atoms with Gasteiger partial charge >= 0.3 is 0 Å². The molecule has 5 heteroatoms. The first-order valence-electron chi connectivity index (χ1n) is 9.51. The molecule has 0 N–H and O–H groups in total. The van der Waals surface area contributed by atoms with Crippen molar-refractivity contribution in [3.63, 3.8) is 0 Å². The zero-order valence-corrected chi connectivity index (χ0v) is 18.4. The van der Waals surface area contributed by atoms with Crippen LogP contribution in [0.5, 0.6) is 0 Å². The summed E-state index contributed by atoms with van der Waals surface area (Å²) < 4.78 is 5.10. The van der Waals surface area contributed by atoms with Gasteiger partial charge in [-0.15, -0.1) is 0 Å². The van der Waals surface area contributed by atoms with E-state index < -0.39 is 0 Å². The van der Waals surface area contributed by atoms with E-state index in [1.165, 1.54) is 22.2 Å². The van der Waals surface area contributed by atoms with Crippen molar-refractivity contribution in [1.82, 2.24) is 14.1 Å². The van der Waals surface area contributed by atoms with E-state index in [0.717, 1.165) is 15.6 Å². The number of benzene rings is 2. The molecule has 4 aromatic rings. The molecule has 0 radical (unpaired) electrons. The van der Waals surface area contributed by atoms with Crippen LogP contribution in [0.1, 0.15) is 30.9 Å². The van der Waals surface area contributed by atoms with Crippen molar-refractivity contribution in [3.05, 3.63) is 73.5 Å². The highest BCUT2D eigenvalue weighted by molar-refractivity contribution is 14.1. The maximum absolute atomic E-state index is 13.0. The van der Waals surface area contributed by atoms with Crippen molar-refractivity contribution in [2.75, 3.05) is 0 Å².